The molecule has 0 radical (unpaired) electrons. The predicted molar refractivity (Wildman–Crippen MR) is 103 cm³/mol. The zero-order valence-corrected chi connectivity index (χ0v) is 15.9. The van der Waals surface area contributed by atoms with Crippen LogP contribution in [0.1, 0.15) is 27.2 Å². The fourth-order valence-corrected chi connectivity index (χ4v) is 3.09. The number of rotatable bonds is 4. The van der Waals surface area contributed by atoms with Gasteiger partial charge in [-0.3, -0.25) is 10.9 Å². The second kappa shape index (κ2) is 7.47. The summed E-state index contributed by atoms with van der Waals surface area (Å²) in [5.74, 6) is 0. The lowest BCUT2D eigenvalue weighted by Gasteiger charge is -2.26. The molecule has 0 aliphatic carbocycles. The first-order valence-electron chi connectivity index (χ1n) is 8.96. The molecule has 7 heteroatoms. The average Bonchev–Trinajstić information content (AvgIpc) is 3.26. The van der Waals surface area contributed by atoms with Crippen LogP contribution in [-0.2, 0) is 0 Å². The fourth-order valence-electron chi connectivity index (χ4n) is 3.09. The molecular formula is C19H28N6O. The fraction of sp³-hybridized carbons (Fsp3) is 0.474. The number of nitrogens with one attached hydrogen (secondary N) is 3. The molecular weight excluding hydrogens is 328 g/mol. The van der Waals surface area contributed by atoms with Crippen LogP contribution < -0.4 is 16.2 Å². The molecule has 2 heterocycles. The van der Waals surface area contributed by atoms with Crippen LogP contribution in [0.5, 0.6) is 0 Å². The van der Waals surface area contributed by atoms with Gasteiger partial charge in [0, 0.05) is 43.8 Å². The van der Waals surface area contributed by atoms with Crippen molar-refractivity contribution in [3.8, 4) is 5.69 Å². The van der Waals surface area contributed by atoms with E-state index in [-0.39, 0.29) is 17.5 Å². The minimum absolute atomic E-state index is 0.122. The zero-order chi connectivity index (χ0) is 18.7. The molecule has 2 aromatic rings. The number of carbonyl (C=O) groups is 1. The maximum atomic E-state index is 12.5. The number of carbonyl (C=O) groups excluding carboxylic acids is 1. The Morgan fingerprint density at radius 2 is 2.15 bits per heavy atom. The van der Waals surface area contributed by atoms with E-state index in [1.54, 1.807) is 15.8 Å². The van der Waals surface area contributed by atoms with Gasteiger partial charge in [0.1, 0.15) is 0 Å². The van der Waals surface area contributed by atoms with Gasteiger partial charge >= 0.3 is 6.03 Å². The SMILES string of the molecule is CN(CC1CC(C(C)(C)C)NN1)C(=O)Nc1cccc(-n2cccn2)c1. The third kappa shape index (κ3) is 4.42. The zero-order valence-electron chi connectivity index (χ0n) is 15.9. The van der Waals surface area contributed by atoms with Gasteiger partial charge in [0.25, 0.3) is 0 Å². The van der Waals surface area contributed by atoms with Gasteiger partial charge < -0.3 is 10.2 Å². The van der Waals surface area contributed by atoms with Crippen molar-refractivity contribution >= 4 is 11.7 Å². The first-order valence-corrected chi connectivity index (χ1v) is 8.96. The van der Waals surface area contributed by atoms with Crippen molar-refractivity contribution in [2.75, 3.05) is 18.9 Å². The normalized spacial score (nSPS) is 20.2. The lowest BCUT2D eigenvalue weighted by Crippen LogP contribution is -2.43. The Morgan fingerprint density at radius 1 is 1.35 bits per heavy atom. The topological polar surface area (TPSA) is 74.2 Å². The summed E-state index contributed by atoms with van der Waals surface area (Å²) < 4.78 is 1.76. The van der Waals surface area contributed by atoms with Gasteiger partial charge in [-0.25, -0.2) is 9.48 Å². The number of hydrogen-bond donors (Lipinski definition) is 3. The number of amides is 2. The minimum Gasteiger partial charge on any atom is -0.326 e. The lowest BCUT2D eigenvalue weighted by atomic mass is 9.84. The highest BCUT2D eigenvalue weighted by Crippen LogP contribution is 2.25. The summed E-state index contributed by atoms with van der Waals surface area (Å²) in [6, 6.07) is 10.0. The van der Waals surface area contributed by atoms with E-state index < -0.39 is 0 Å². The molecule has 1 aliphatic heterocycles. The molecule has 0 saturated carbocycles. The summed E-state index contributed by atoms with van der Waals surface area (Å²) >= 11 is 0. The van der Waals surface area contributed by atoms with Gasteiger partial charge in [-0.1, -0.05) is 26.8 Å². The van der Waals surface area contributed by atoms with Crippen molar-refractivity contribution < 1.29 is 4.79 Å². The van der Waals surface area contributed by atoms with E-state index in [4.69, 9.17) is 0 Å². The Bertz CT molecular complexity index is 737. The molecule has 26 heavy (non-hydrogen) atoms. The molecule has 1 saturated heterocycles. The Balaban J connectivity index is 1.56. The van der Waals surface area contributed by atoms with E-state index in [0.29, 0.717) is 12.6 Å². The summed E-state index contributed by atoms with van der Waals surface area (Å²) in [7, 11) is 1.82. The van der Waals surface area contributed by atoms with Crippen LogP contribution in [0.3, 0.4) is 0 Å². The molecule has 7 nitrogen and oxygen atoms in total. The maximum Gasteiger partial charge on any atom is 0.321 e. The molecule has 1 aliphatic rings. The summed E-state index contributed by atoms with van der Waals surface area (Å²) in [5.41, 5.74) is 8.50. The first-order chi connectivity index (χ1) is 12.3. The third-order valence-corrected chi connectivity index (χ3v) is 4.73. The summed E-state index contributed by atoms with van der Waals surface area (Å²) in [4.78, 5) is 14.2. The molecule has 1 fully saturated rings. The Labute approximate surface area is 154 Å². The molecule has 1 aromatic carbocycles. The Hall–Kier alpha value is -2.38. The van der Waals surface area contributed by atoms with Crippen molar-refractivity contribution in [2.24, 2.45) is 5.41 Å². The smallest absolute Gasteiger partial charge is 0.321 e. The van der Waals surface area contributed by atoms with Crippen LogP contribution in [0.2, 0.25) is 0 Å². The molecule has 0 bridgehead atoms. The molecule has 2 atom stereocenters. The van der Waals surface area contributed by atoms with E-state index in [0.717, 1.165) is 17.8 Å². The number of urea groups is 1. The number of likely N-dealkylation sites (N-methyl/N-ethyl adjacent to an activating group) is 1. The predicted octanol–water partition coefficient (Wildman–Crippen LogP) is 2.62. The molecule has 140 valence electrons. The van der Waals surface area contributed by atoms with Crippen molar-refractivity contribution in [1.82, 2.24) is 25.5 Å². The van der Waals surface area contributed by atoms with E-state index in [1.807, 2.05) is 43.6 Å². The highest BCUT2D eigenvalue weighted by Gasteiger charge is 2.33. The van der Waals surface area contributed by atoms with Crippen molar-refractivity contribution in [3.05, 3.63) is 42.7 Å². The number of benzene rings is 1. The lowest BCUT2D eigenvalue weighted by molar-refractivity contribution is 0.217. The van der Waals surface area contributed by atoms with Gasteiger partial charge in [-0.2, -0.15) is 5.10 Å². The van der Waals surface area contributed by atoms with E-state index in [2.05, 4.69) is 42.0 Å². The van der Waals surface area contributed by atoms with Crippen molar-refractivity contribution in [3.63, 3.8) is 0 Å². The number of anilines is 1. The summed E-state index contributed by atoms with van der Waals surface area (Å²) in [6.07, 6.45) is 4.60. The van der Waals surface area contributed by atoms with Crippen molar-refractivity contribution in [1.29, 1.82) is 0 Å². The quantitative estimate of drug-likeness (QED) is 0.787. The van der Waals surface area contributed by atoms with E-state index in [9.17, 15) is 4.79 Å². The van der Waals surface area contributed by atoms with Crippen LogP contribution in [0.15, 0.2) is 42.7 Å². The number of nitrogens with zero attached hydrogens (tertiary/aromatic N) is 3. The van der Waals surface area contributed by atoms with E-state index >= 15 is 0 Å². The molecule has 3 N–H and O–H groups in total. The van der Waals surface area contributed by atoms with Crippen LogP contribution in [-0.4, -0.2) is 46.4 Å². The second-order valence-corrected chi connectivity index (χ2v) is 7.95. The van der Waals surface area contributed by atoms with Gasteiger partial charge in [0.2, 0.25) is 0 Å². The highest BCUT2D eigenvalue weighted by atomic mass is 16.2. The van der Waals surface area contributed by atoms with Gasteiger partial charge in [0.15, 0.2) is 0 Å². The summed E-state index contributed by atoms with van der Waals surface area (Å²) in [5, 5.41) is 7.17. The van der Waals surface area contributed by atoms with E-state index in [1.165, 1.54) is 0 Å². The van der Waals surface area contributed by atoms with Crippen LogP contribution in [0.25, 0.3) is 5.69 Å². The van der Waals surface area contributed by atoms with Gasteiger partial charge in [-0.15, -0.1) is 0 Å². The molecule has 2 unspecified atom stereocenters. The van der Waals surface area contributed by atoms with Crippen LogP contribution in [0.4, 0.5) is 10.5 Å². The first kappa shape index (κ1) is 18.4. The highest BCUT2D eigenvalue weighted by molar-refractivity contribution is 5.89. The summed E-state index contributed by atoms with van der Waals surface area (Å²) in [6.45, 7) is 7.30. The minimum atomic E-state index is -0.122. The number of hydrazine groups is 1. The maximum absolute atomic E-state index is 12.5. The van der Waals surface area contributed by atoms with Gasteiger partial charge in [0.05, 0.1) is 5.69 Å². The average molecular weight is 356 g/mol. The number of hydrogen-bond acceptors (Lipinski definition) is 4. The van der Waals surface area contributed by atoms with Gasteiger partial charge in [-0.05, 0) is 36.1 Å². The Kier molecular flexibility index (Phi) is 5.29. The van der Waals surface area contributed by atoms with Crippen LogP contribution in [0, 0.1) is 5.41 Å². The molecule has 0 spiro atoms. The number of aromatic nitrogens is 2. The molecule has 3 rings (SSSR count). The second-order valence-electron chi connectivity index (χ2n) is 7.95. The third-order valence-electron chi connectivity index (χ3n) is 4.73. The largest absolute Gasteiger partial charge is 0.326 e. The van der Waals surface area contributed by atoms with Crippen LogP contribution >= 0.6 is 0 Å². The molecule has 2 amide bonds. The Morgan fingerprint density at radius 3 is 2.81 bits per heavy atom. The standard InChI is InChI=1S/C19H28N6O/c1-19(2,3)17-12-15(22-23-17)13-24(4)18(26)21-14-7-5-8-16(11-14)25-10-6-9-20-25/h5-11,15,17,22-23H,12-13H2,1-4H3,(H,21,26). The monoisotopic (exact) mass is 356 g/mol. The molecule has 1 aromatic heterocycles. The van der Waals surface area contributed by atoms with Crippen molar-refractivity contribution in [2.45, 2.75) is 39.3 Å².